The summed E-state index contributed by atoms with van der Waals surface area (Å²) in [4.78, 5) is 0. The molecule has 0 amide bonds. The van der Waals surface area contributed by atoms with Crippen LogP contribution in [0.1, 0.15) is 0 Å². The molecule has 0 aliphatic carbocycles. The standard InChI is InChI=1S/C6H4Cl2.H2O/c7-5-1-2-6(8)4-3-5;/h1-4H;1H2. The molecule has 0 atom stereocenters. The van der Waals surface area contributed by atoms with Gasteiger partial charge in [0, 0.05) is 10.0 Å². The van der Waals surface area contributed by atoms with Crippen LogP contribution in [0.3, 0.4) is 0 Å². The van der Waals surface area contributed by atoms with Gasteiger partial charge in [-0.15, -0.1) is 0 Å². The fraction of sp³-hybridized carbons (Fsp3) is 0. The van der Waals surface area contributed by atoms with Gasteiger partial charge in [-0.3, -0.25) is 0 Å². The van der Waals surface area contributed by atoms with Crippen LogP contribution in [0.4, 0.5) is 0 Å². The van der Waals surface area contributed by atoms with E-state index in [0.717, 1.165) is 10.0 Å². The van der Waals surface area contributed by atoms with E-state index >= 15 is 0 Å². The van der Waals surface area contributed by atoms with Crippen molar-refractivity contribution < 1.29 is 5.48 Å². The molecule has 0 unspecified atom stereocenters. The van der Waals surface area contributed by atoms with Gasteiger partial charge in [0.05, 0.1) is 0 Å². The molecule has 0 spiro atoms. The van der Waals surface area contributed by atoms with Gasteiger partial charge in [-0.05, 0) is 24.3 Å². The molecule has 9 heavy (non-hydrogen) atoms. The third kappa shape index (κ3) is 2.70. The first-order valence-electron chi connectivity index (χ1n) is 2.20. The molecule has 0 aromatic heterocycles. The van der Waals surface area contributed by atoms with Crippen molar-refractivity contribution >= 4 is 23.2 Å². The first kappa shape index (κ1) is 8.76. The Morgan fingerprint density at radius 3 is 1.22 bits per heavy atom. The number of halogens is 2. The Balaban J connectivity index is 0.000000640. The molecule has 0 aliphatic rings. The quantitative estimate of drug-likeness (QED) is 0.564. The maximum Gasteiger partial charge on any atom is 0.0407 e. The van der Waals surface area contributed by atoms with E-state index in [9.17, 15) is 0 Å². The summed E-state index contributed by atoms with van der Waals surface area (Å²) in [5.74, 6) is 0. The van der Waals surface area contributed by atoms with E-state index in [0.29, 0.717) is 0 Å². The van der Waals surface area contributed by atoms with Crippen molar-refractivity contribution in [2.45, 2.75) is 0 Å². The van der Waals surface area contributed by atoms with Crippen molar-refractivity contribution in [2.24, 2.45) is 0 Å². The first-order valence-corrected chi connectivity index (χ1v) is 2.96. The fourth-order valence-electron chi connectivity index (χ4n) is 0.430. The highest BCUT2D eigenvalue weighted by atomic mass is 35.5. The highest BCUT2D eigenvalue weighted by molar-refractivity contribution is 6.32. The number of hydrogen-bond acceptors (Lipinski definition) is 0. The molecule has 0 fully saturated rings. The van der Waals surface area contributed by atoms with Gasteiger partial charge in [0.15, 0.2) is 0 Å². The lowest BCUT2D eigenvalue weighted by Gasteiger charge is -1.86. The zero-order valence-electron chi connectivity index (χ0n) is 4.57. The van der Waals surface area contributed by atoms with Crippen LogP contribution < -0.4 is 0 Å². The minimum Gasteiger partial charge on any atom is -0.412 e. The summed E-state index contributed by atoms with van der Waals surface area (Å²) < 4.78 is 0. The van der Waals surface area contributed by atoms with Crippen LogP contribution >= 0.6 is 23.2 Å². The van der Waals surface area contributed by atoms with Crippen LogP contribution in [-0.2, 0) is 0 Å². The average Bonchev–Trinajstić information content (AvgIpc) is 1.77. The maximum absolute atomic E-state index is 5.55. The largest absolute Gasteiger partial charge is 0.412 e. The summed E-state index contributed by atoms with van der Waals surface area (Å²) in [6.45, 7) is 0. The number of rotatable bonds is 0. The Kier molecular flexibility index (Phi) is 3.62. The fourth-order valence-corrected chi connectivity index (χ4v) is 0.682. The molecule has 1 nitrogen and oxygen atoms in total. The van der Waals surface area contributed by atoms with Crippen molar-refractivity contribution in [1.82, 2.24) is 0 Å². The van der Waals surface area contributed by atoms with Crippen LogP contribution in [0.25, 0.3) is 0 Å². The van der Waals surface area contributed by atoms with E-state index in [4.69, 9.17) is 23.2 Å². The second kappa shape index (κ2) is 3.72. The predicted octanol–water partition coefficient (Wildman–Crippen LogP) is 2.17. The second-order valence-corrected chi connectivity index (χ2v) is 2.31. The van der Waals surface area contributed by atoms with Crippen LogP contribution in [0.2, 0.25) is 10.0 Å². The van der Waals surface area contributed by atoms with Gasteiger partial charge in [-0.2, -0.15) is 0 Å². The van der Waals surface area contributed by atoms with E-state index in [1.165, 1.54) is 0 Å². The smallest absolute Gasteiger partial charge is 0.0407 e. The molecule has 0 saturated carbocycles. The van der Waals surface area contributed by atoms with Gasteiger partial charge < -0.3 is 5.48 Å². The molecule has 50 valence electrons. The molecule has 0 heterocycles. The normalized spacial score (nSPS) is 8.22. The lowest BCUT2D eigenvalue weighted by Crippen LogP contribution is -1.60. The minimum absolute atomic E-state index is 0. The maximum atomic E-state index is 5.55. The Morgan fingerprint density at radius 2 is 1.00 bits per heavy atom. The highest BCUT2D eigenvalue weighted by Gasteiger charge is 1.83. The third-order valence-corrected chi connectivity index (χ3v) is 1.31. The van der Waals surface area contributed by atoms with Crippen molar-refractivity contribution in [3.63, 3.8) is 0 Å². The summed E-state index contributed by atoms with van der Waals surface area (Å²) in [7, 11) is 0. The first-order chi connectivity index (χ1) is 3.79. The molecule has 1 rings (SSSR count). The SMILES string of the molecule is Clc1ccc(Cl)cc1.O. The van der Waals surface area contributed by atoms with Crippen LogP contribution in [-0.4, -0.2) is 5.48 Å². The van der Waals surface area contributed by atoms with Gasteiger partial charge in [0.2, 0.25) is 0 Å². The van der Waals surface area contributed by atoms with Crippen molar-refractivity contribution in [3.8, 4) is 0 Å². The summed E-state index contributed by atoms with van der Waals surface area (Å²) in [6.07, 6.45) is 0. The topological polar surface area (TPSA) is 31.5 Å². The van der Waals surface area contributed by atoms with E-state index in [2.05, 4.69) is 0 Å². The molecule has 0 bridgehead atoms. The Morgan fingerprint density at radius 1 is 0.778 bits per heavy atom. The van der Waals surface area contributed by atoms with Crippen molar-refractivity contribution in [1.29, 1.82) is 0 Å². The molecule has 1 aromatic carbocycles. The Hall–Kier alpha value is -0.240. The lowest BCUT2D eigenvalue weighted by molar-refractivity contribution is 0.824. The lowest BCUT2D eigenvalue weighted by atomic mass is 10.4. The molecule has 1 aromatic rings. The highest BCUT2D eigenvalue weighted by Crippen LogP contribution is 2.12. The van der Waals surface area contributed by atoms with E-state index < -0.39 is 0 Å². The van der Waals surface area contributed by atoms with E-state index in [1.807, 2.05) is 0 Å². The van der Waals surface area contributed by atoms with Crippen LogP contribution in [0, 0.1) is 0 Å². The van der Waals surface area contributed by atoms with E-state index in [-0.39, 0.29) is 5.48 Å². The van der Waals surface area contributed by atoms with Crippen molar-refractivity contribution in [2.75, 3.05) is 0 Å². The summed E-state index contributed by atoms with van der Waals surface area (Å²) in [5, 5.41) is 1.43. The molecule has 2 N–H and O–H groups in total. The molecule has 0 radical (unpaired) electrons. The summed E-state index contributed by atoms with van der Waals surface area (Å²) in [5.41, 5.74) is 0. The molecular weight excluding hydrogens is 159 g/mol. The molecule has 0 aliphatic heterocycles. The second-order valence-electron chi connectivity index (χ2n) is 1.44. The summed E-state index contributed by atoms with van der Waals surface area (Å²) in [6, 6.07) is 7.02. The van der Waals surface area contributed by atoms with Gasteiger partial charge in [0.25, 0.3) is 0 Å². The van der Waals surface area contributed by atoms with Gasteiger partial charge in [-0.1, -0.05) is 23.2 Å². The third-order valence-electron chi connectivity index (χ3n) is 0.804. The Bertz CT molecular complexity index is 150. The predicted molar refractivity (Wildman–Crippen MR) is 40.1 cm³/mol. The van der Waals surface area contributed by atoms with E-state index in [1.54, 1.807) is 24.3 Å². The molecule has 0 saturated heterocycles. The summed E-state index contributed by atoms with van der Waals surface area (Å²) >= 11 is 11.1. The van der Waals surface area contributed by atoms with Gasteiger partial charge in [0.1, 0.15) is 0 Å². The minimum atomic E-state index is 0. The average molecular weight is 165 g/mol. The van der Waals surface area contributed by atoms with Crippen LogP contribution in [0.5, 0.6) is 0 Å². The molecule has 3 heteroatoms. The monoisotopic (exact) mass is 164 g/mol. The molecular formula is C6H6Cl2O. The van der Waals surface area contributed by atoms with Crippen molar-refractivity contribution in [3.05, 3.63) is 34.3 Å². The zero-order valence-corrected chi connectivity index (χ0v) is 6.08. The zero-order chi connectivity index (χ0) is 5.98. The Labute approximate surface area is 63.5 Å². The van der Waals surface area contributed by atoms with Gasteiger partial charge >= 0.3 is 0 Å². The number of benzene rings is 1. The number of hydrogen-bond donors (Lipinski definition) is 0. The van der Waals surface area contributed by atoms with Gasteiger partial charge in [-0.25, -0.2) is 0 Å². The van der Waals surface area contributed by atoms with Crippen LogP contribution in [0.15, 0.2) is 24.3 Å².